The van der Waals surface area contributed by atoms with Gasteiger partial charge in [-0.05, 0) is 67.7 Å². The molecule has 1 aromatic carbocycles. The third-order valence-electron chi connectivity index (χ3n) is 5.48. The van der Waals surface area contributed by atoms with Gasteiger partial charge in [-0.1, -0.05) is 19.4 Å². The fourth-order valence-corrected chi connectivity index (χ4v) is 3.95. The summed E-state index contributed by atoms with van der Waals surface area (Å²) in [5, 5.41) is 0. The fraction of sp³-hybridized carbons (Fsp3) is 0.619. The average molecular weight is 368 g/mol. The predicted octanol–water partition coefficient (Wildman–Crippen LogP) is 5.72. The van der Waals surface area contributed by atoms with Gasteiger partial charge in [-0.25, -0.2) is 13.2 Å². The molecule has 0 N–H and O–H groups in total. The van der Waals surface area contributed by atoms with Crippen LogP contribution in [0.25, 0.3) is 0 Å². The summed E-state index contributed by atoms with van der Waals surface area (Å²) in [6.45, 7) is 3.66. The van der Waals surface area contributed by atoms with Crippen LogP contribution >= 0.6 is 0 Å². The van der Waals surface area contributed by atoms with Gasteiger partial charge in [0.05, 0.1) is 13.2 Å². The van der Waals surface area contributed by atoms with Crippen molar-refractivity contribution in [3.63, 3.8) is 0 Å². The van der Waals surface area contributed by atoms with E-state index in [1.165, 1.54) is 0 Å². The van der Waals surface area contributed by atoms with Crippen molar-refractivity contribution in [2.45, 2.75) is 57.7 Å². The lowest BCUT2D eigenvalue weighted by molar-refractivity contribution is -0.175. The molecule has 0 unspecified atom stereocenters. The molecule has 2 fully saturated rings. The summed E-state index contributed by atoms with van der Waals surface area (Å²) >= 11 is 0. The summed E-state index contributed by atoms with van der Waals surface area (Å²) in [5.74, 6) is -2.59. The van der Waals surface area contributed by atoms with Crippen molar-refractivity contribution < 1.29 is 22.6 Å². The molecule has 26 heavy (non-hydrogen) atoms. The van der Waals surface area contributed by atoms with Gasteiger partial charge in [-0.3, -0.25) is 0 Å². The molecule has 0 bridgehead atoms. The zero-order valence-electron chi connectivity index (χ0n) is 15.2. The predicted molar refractivity (Wildman–Crippen MR) is 94.2 cm³/mol. The van der Waals surface area contributed by atoms with Gasteiger partial charge in [-0.2, -0.15) is 0 Å². The Hall–Kier alpha value is -1.33. The average Bonchev–Trinajstić information content (AvgIpc) is 2.66. The second-order valence-corrected chi connectivity index (χ2v) is 7.48. The van der Waals surface area contributed by atoms with Gasteiger partial charge >= 0.3 is 0 Å². The molecule has 0 atom stereocenters. The van der Waals surface area contributed by atoms with Crippen LogP contribution in [-0.2, 0) is 9.47 Å². The highest BCUT2D eigenvalue weighted by Gasteiger charge is 2.24. The zero-order valence-corrected chi connectivity index (χ0v) is 15.2. The highest BCUT2D eigenvalue weighted by molar-refractivity contribution is 5.23. The Morgan fingerprint density at radius 1 is 0.962 bits per heavy atom. The van der Waals surface area contributed by atoms with Crippen LogP contribution < -0.4 is 0 Å². The molecule has 0 spiro atoms. The van der Waals surface area contributed by atoms with Crippen molar-refractivity contribution in [1.29, 1.82) is 0 Å². The van der Waals surface area contributed by atoms with E-state index < -0.39 is 17.5 Å². The monoisotopic (exact) mass is 368 g/mol. The molecule has 3 rings (SSSR count). The summed E-state index contributed by atoms with van der Waals surface area (Å²) in [7, 11) is 0. The van der Waals surface area contributed by atoms with Crippen molar-refractivity contribution in [1.82, 2.24) is 0 Å². The van der Waals surface area contributed by atoms with E-state index in [9.17, 15) is 13.2 Å². The van der Waals surface area contributed by atoms with Crippen molar-refractivity contribution >= 4 is 0 Å². The molecule has 1 saturated carbocycles. The molecular weight excluding hydrogens is 341 g/mol. The second kappa shape index (κ2) is 9.05. The maximum absolute atomic E-state index is 13.4. The number of rotatable bonds is 5. The van der Waals surface area contributed by atoms with Crippen LogP contribution in [0.3, 0.4) is 0 Å². The third kappa shape index (κ3) is 4.89. The normalized spacial score (nSPS) is 30.0. The van der Waals surface area contributed by atoms with Crippen LogP contribution in [0.4, 0.5) is 13.2 Å². The Bertz CT molecular complexity index is 593. The van der Waals surface area contributed by atoms with Gasteiger partial charge in [0.25, 0.3) is 0 Å². The van der Waals surface area contributed by atoms with Crippen molar-refractivity contribution in [2.75, 3.05) is 13.2 Å². The Kier molecular flexibility index (Phi) is 6.76. The van der Waals surface area contributed by atoms with Gasteiger partial charge < -0.3 is 9.47 Å². The molecule has 2 nitrogen and oxygen atoms in total. The van der Waals surface area contributed by atoms with Crippen LogP contribution in [0.2, 0.25) is 0 Å². The lowest BCUT2D eigenvalue weighted by Crippen LogP contribution is -2.30. The quantitative estimate of drug-likeness (QED) is 0.489. The summed E-state index contributed by atoms with van der Waals surface area (Å²) in [6.07, 6.45) is 9.70. The SMILES string of the molecule is CCCC1COC(C=CC2CCC(c3cc(F)c(F)c(F)c3)CC2)OC1. The van der Waals surface area contributed by atoms with Gasteiger partial charge in [0, 0.05) is 5.92 Å². The first-order valence-electron chi connectivity index (χ1n) is 9.62. The van der Waals surface area contributed by atoms with Crippen LogP contribution in [0, 0.1) is 29.3 Å². The number of hydrogen-bond acceptors (Lipinski definition) is 2. The summed E-state index contributed by atoms with van der Waals surface area (Å²) in [4.78, 5) is 0. The molecule has 0 radical (unpaired) electrons. The molecule has 1 saturated heterocycles. The molecule has 1 aliphatic carbocycles. The molecule has 2 aliphatic rings. The minimum atomic E-state index is -1.39. The largest absolute Gasteiger partial charge is 0.349 e. The van der Waals surface area contributed by atoms with E-state index in [4.69, 9.17) is 9.47 Å². The summed E-state index contributed by atoms with van der Waals surface area (Å²) < 4.78 is 51.4. The van der Waals surface area contributed by atoms with Crippen LogP contribution in [-0.4, -0.2) is 19.5 Å². The molecule has 5 heteroatoms. The molecule has 1 heterocycles. The van der Waals surface area contributed by atoms with Gasteiger partial charge in [0.1, 0.15) is 0 Å². The lowest BCUT2D eigenvalue weighted by Gasteiger charge is -2.29. The summed E-state index contributed by atoms with van der Waals surface area (Å²) in [5.41, 5.74) is 0.560. The standard InChI is InChI=1S/C21H27F3O2/c1-2-3-15-12-25-20(26-13-15)9-6-14-4-7-16(8-5-14)17-10-18(22)21(24)19(23)11-17/h6,9-11,14-16,20H,2-5,7-8,12-13H2,1H3. The Morgan fingerprint density at radius 3 is 2.15 bits per heavy atom. The van der Waals surface area contributed by atoms with Gasteiger partial charge in [-0.15, -0.1) is 0 Å². The first-order valence-corrected chi connectivity index (χ1v) is 9.62. The minimum Gasteiger partial charge on any atom is -0.349 e. The number of benzene rings is 1. The van der Waals surface area contributed by atoms with E-state index >= 15 is 0 Å². The van der Waals surface area contributed by atoms with Crippen LogP contribution in [0.5, 0.6) is 0 Å². The lowest BCUT2D eigenvalue weighted by atomic mass is 9.78. The topological polar surface area (TPSA) is 18.5 Å². The summed E-state index contributed by atoms with van der Waals surface area (Å²) in [6, 6.07) is 2.27. The highest BCUT2D eigenvalue weighted by Crippen LogP contribution is 2.37. The first-order chi connectivity index (χ1) is 12.6. The van der Waals surface area contributed by atoms with E-state index in [0.717, 1.165) is 63.9 Å². The van der Waals surface area contributed by atoms with Crippen LogP contribution in [0.15, 0.2) is 24.3 Å². The number of hydrogen-bond donors (Lipinski definition) is 0. The molecule has 1 aliphatic heterocycles. The smallest absolute Gasteiger partial charge is 0.194 e. The maximum Gasteiger partial charge on any atom is 0.194 e. The molecule has 0 amide bonds. The van der Waals surface area contributed by atoms with Crippen molar-refractivity contribution in [3.8, 4) is 0 Å². The second-order valence-electron chi connectivity index (χ2n) is 7.48. The van der Waals surface area contributed by atoms with Gasteiger partial charge in [0.2, 0.25) is 0 Å². The highest BCUT2D eigenvalue weighted by atomic mass is 19.2. The minimum absolute atomic E-state index is 0.0845. The number of allylic oxidation sites excluding steroid dienone is 1. The van der Waals surface area contributed by atoms with E-state index in [2.05, 4.69) is 13.0 Å². The molecular formula is C21H27F3O2. The maximum atomic E-state index is 13.4. The van der Waals surface area contributed by atoms with E-state index in [-0.39, 0.29) is 12.2 Å². The Morgan fingerprint density at radius 2 is 1.58 bits per heavy atom. The van der Waals surface area contributed by atoms with Gasteiger partial charge in [0.15, 0.2) is 23.7 Å². The molecule has 1 aromatic rings. The van der Waals surface area contributed by atoms with Crippen LogP contribution in [0.1, 0.15) is 56.9 Å². The first kappa shape index (κ1) is 19.4. The number of ether oxygens (including phenoxy) is 2. The molecule has 0 aromatic heterocycles. The molecule has 144 valence electrons. The fourth-order valence-electron chi connectivity index (χ4n) is 3.95. The zero-order chi connectivity index (χ0) is 18.5. The Balaban J connectivity index is 1.47. The van der Waals surface area contributed by atoms with E-state index in [1.54, 1.807) is 0 Å². The van der Waals surface area contributed by atoms with Crippen molar-refractivity contribution in [2.24, 2.45) is 11.8 Å². The third-order valence-corrected chi connectivity index (χ3v) is 5.48. The number of halogens is 3. The van der Waals surface area contributed by atoms with Crippen molar-refractivity contribution in [3.05, 3.63) is 47.3 Å². The Labute approximate surface area is 153 Å². The van der Waals surface area contributed by atoms with E-state index in [1.807, 2.05) is 6.08 Å². The van der Waals surface area contributed by atoms with E-state index in [0.29, 0.717) is 17.4 Å².